The minimum atomic E-state index is -0.336. The predicted octanol–water partition coefficient (Wildman–Crippen LogP) is 13.9. The summed E-state index contributed by atoms with van der Waals surface area (Å²) in [6.45, 7) is 8.66. The number of ether oxygens (including phenoxy) is 8. The van der Waals surface area contributed by atoms with E-state index in [9.17, 15) is 0 Å². The molecule has 0 radical (unpaired) electrons. The minimum Gasteiger partial charge on any atom is -0.457 e. The van der Waals surface area contributed by atoms with Gasteiger partial charge in [0, 0.05) is 92.4 Å². The van der Waals surface area contributed by atoms with Gasteiger partial charge in [-0.1, -0.05) is 125 Å². The molecule has 4 heterocycles. The summed E-state index contributed by atoms with van der Waals surface area (Å²) < 4.78 is 53.8. The van der Waals surface area contributed by atoms with Crippen molar-refractivity contribution in [1.82, 2.24) is 0 Å². The van der Waals surface area contributed by atoms with Crippen LogP contribution in [0.2, 0.25) is 0 Å². The van der Waals surface area contributed by atoms with E-state index in [1.54, 1.807) is 0 Å². The molecule has 1 aliphatic carbocycles. The van der Waals surface area contributed by atoms with E-state index in [4.69, 9.17) is 37.9 Å². The molecular weight excluding hydrogens is 897 g/mol. The molecule has 0 amide bonds. The smallest absolute Gasteiger partial charge is 0.230 e. The summed E-state index contributed by atoms with van der Waals surface area (Å²) in [5.74, 6) is 4.09. The molecular formula is C64H56O8. The molecule has 0 fully saturated rings. The van der Waals surface area contributed by atoms with E-state index in [1.165, 1.54) is 22.3 Å². The number of benzene rings is 8. The fraction of sp³-hybridized carbons (Fsp3) is 0.250. The molecule has 0 atom stereocenters. The number of rotatable bonds is 8. The largest absolute Gasteiger partial charge is 0.457 e. The average molecular weight is 953 g/mol. The molecule has 360 valence electrons. The fourth-order valence-electron chi connectivity index (χ4n) is 11.7. The van der Waals surface area contributed by atoms with E-state index in [2.05, 4.69) is 173 Å². The molecule has 8 aromatic carbocycles. The Morgan fingerprint density at radius 3 is 0.569 bits per heavy atom. The van der Waals surface area contributed by atoms with Gasteiger partial charge in [-0.15, -0.1) is 0 Å². The molecule has 0 spiro atoms. The van der Waals surface area contributed by atoms with Crippen LogP contribution in [0.1, 0.15) is 140 Å². The lowest BCUT2D eigenvalue weighted by Crippen LogP contribution is -2.23. The summed E-state index contributed by atoms with van der Waals surface area (Å²) in [6, 6.07) is 53.6. The quantitative estimate of drug-likeness (QED) is 0.149. The Hall–Kier alpha value is -7.84. The van der Waals surface area contributed by atoms with Crippen LogP contribution in [-0.2, 0) is 25.7 Å². The normalized spacial score (nSPS) is 18.6. The van der Waals surface area contributed by atoms with Gasteiger partial charge >= 0.3 is 0 Å². The first-order valence-electron chi connectivity index (χ1n) is 25.6. The van der Waals surface area contributed by atoms with Gasteiger partial charge in [0.15, 0.2) is 0 Å². The highest BCUT2D eigenvalue weighted by molar-refractivity contribution is 5.69. The summed E-state index contributed by atoms with van der Waals surface area (Å²) in [7, 11) is 0. The molecule has 8 nitrogen and oxygen atoms in total. The molecule has 4 aliphatic heterocycles. The molecule has 0 aromatic heterocycles. The van der Waals surface area contributed by atoms with Gasteiger partial charge in [-0.25, -0.2) is 0 Å². The van der Waals surface area contributed by atoms with E-state index in [0.717, 1.165) is 92.4 Å². The van der Waals surface area contributed by atoms with Crippen LogP contribution in [0, 0.1) is 0 Å². The second-order valence-electron chi connectivity index (χ2n) is 19.5. The minimum absolute atomic E-state index is 0.0273. The third-order valence-corrected chi connectivity index (χ3v) is 15.7. The Kier molecular flexibility index (Phi) is 11.1. The van der Waals surface area contributed by atoms with Gasteiger partial charge in [-0.05, 0) is 94.5 Å². The zero-order chi connectivity index (χ0) is 48.5. The van der Waals surface area contributed by atoms with Crippen LogP contribution >= 0.6 is 0 Å². The Balaban J connectivity index is 1.20. The van der Waals surface area contributed by atoms with Crippen LogP contribution < -0.4 is 37.9 Å². The standard InChI is InChI=1S/C64H56O8/c1-5-37-9-17-41(18-10-37)61-45-25-47-55-29-53(45)65-33-66-54-30-56-48(26-46(54)61)63(43-21-13-39(7-3)14-22-43)50-28-52-60(32-58(50)70-35-68-56)72-36-71-59-31-57(69-34-67-55)49(62(47)42-19-11-38(6-2)12-20-42)27-51(59)64(52)44-23-15-40(8-4)16-24-44/h9-32,61-64H,5-8,33-36H2,1-4H3. The molecule has 72 heavy (non-hydrogen) atoms. The predicted molar refractivity (Wildman–Crippen MR) is 277 cm³/mol. The molecule has 5 aliphatic rings. The van der Waals surface area contributed by atoms with Crippen LogP contribution in [0.15, 0.2) is 146 Å². The first-order valence-corrected chi connectivity index (χ1v) is 25.6. The van der Waals surface area contributed by atoms with Gasteiger partial charge in [0.05, 0.1) is 0 Å². The fourth-order valence-corrected chi connectivity index (χ4v) is 11.7. The Bertz CT molecular complexity index is 2800. The Morgan fingerprint density at radius 1 is 0.250 bits per heavy atom. The van der Waals surface area contributed by atoms with Crippen molar-refractivity contribution in [1.29, 1.82) is 0 Å². The van der Waals surface area contributed by atoms with Crippen molar-refractivity contribution in [2.75, 3.05) is 27.2 Å². The first kappa shape index (κ1) is 44.1. The lowest BCUT2D eigenvalue weighted by molar-refractivity contribution is 0.0996. The Labute approximate surface area is 421 Å². The van der Waals surface area contributed by atoms with Crippen molar-refractivity contribution < 1.29 is 37.9 Å². The zero-order valence-electron chi connectivity index (χ0n) is 41.1. The van der Waals surface area contributed by atoms with Crippen LogP contribution in [-0.4, -0.2) is 27.2 Å². The molecule has 0 unspecified atom stereocenters. The van der Waals surface area contributed by atoms with Gasteiger partial charge in [0.1, 0.15) is 46.0 Å². The summed E-state index contributed by atoms with van der Waals surface area (Å²) in [5.41, 5.74) is 17.5. The highest BCUT2D eigenvalue weighted by atomic mass is 16.7. The summed E-state index contributed by atoms with van der Waals surface area (Å²) in [5, 5.41) is 0. The van der Waals surface area contributed by atoms with Gasteiger partial charge in [0.2, 0.25) is 27.2 Å². The van der Waals surface area contributed by atoms with Gasteiger partial charge in [-0.2, -0.15) is 0 Å². The average Bonchev–Trinajstić information content (AvgIpc) is 3.40. The highest BCUT2D eigenvalue weighted by Gasteiger charge is 2.39. The molecule has 0 saturated carbocycles. The van der Waals surface area contributed by atoms with Gasteiger partial charge in [-0.3, -0.25) is 0 Å². The summed E-state index contributed by atoms with van der Waals surface area (Å²) >= 11 is 0. The molecule has 0 saturated heterocycles. The number of aryl methyl sites for hydroxylation is 4. The third-order valence-electron chi connectivity index (χ3n) is 15.7. The molecule has 0 N–H and O–H groups in total. The van der Waals surface area contributed by atoms with E-state index < -0.39 is 0 Å². The van der Waals surface area contributed by atoms with Crippen molar-refractivity contribution >= 4 is 0 Å². The van der Waals surface area contributed by atoms with Crippen molar-refractivity contribution in [2.45, 2.75) is 77.0 Å². The number of hydrogen-bond acceptors (Lipinski definition) is 8. The van der Waals surface area contributed by atoms with Crippen molar-refractivity contribution in [3.63, 3.8) is 0 Å². The molecule has 8 bridgehead atoms. The van der Waals surface area contributed by atoms with Crippen LogP contribution in [0.25, 0.3) is 0 Å². The maximum absolute atomic E-state index is 6.73. The summed E-state index contributed by atoms with van der Waals surface area (Å²) in [6.07, 6.45) is 3.70. The zero-order valence-corrected chi connectivity index (χ0v) is 41.1. The van der Waals surface area contributed by atoms with Gasteiger partial charge in [0.25, 0.3) is 0 Å². The highest BCUT2D eigenvalue weighted by Crippen LogP contribution is 2.56. The molecule has 8 aromatic rings. The van der Waals surface area contributed by atoms with Gasteiger partial charge < -0.3 is 37.9 Å². The van der Waals surface area contributed by atoms with E-state index >= 15 is 0 Å². The maximum atomic E-state index is 6.73. The lowest BCUT2D eigenvalue weighted by Gasteiger charge is -2.35. The maximum Gasteiger partial charge on any atom is 0.230 e. The van der Waals surface area contributed by atoms with Crippen LogP contribution in [0.3, 0.4) is 0 Å². The summed E-state index contributed by atoms with van der Waals surface area (Å²) in [4.78, 5) is 0. The second-order valence-corrected chi connectivity index (χ2v) is 19.5. The Morgan fingerprint density at radius 2 is 0.417 bits per heavy atom. The topological polar surface area (TPSA) is 73.8 Å². The van der Waals surface area contributed by atoms with E-state index in [-0.39, 0.29) is 50.8 Å². The second kappa shape index (κ2) is 18.1. The molecule has 8 heteroatoms. The SMILES string of the molecule is CCc1ccc(C2c3cc4c5cc3OCOc3cc6c(cc32)C(c2ccc(CC)cc2)c2cc3c(cc2OCO6)OCOc2cc(c(cc2C3c2ccc(CC)cc2)C4c2ccc(CC)cc2)OCO5)cc1. The van der Waals surface area contributed by atoms with Crippen molar-refractivity contribution in [2.24, 2.45) is 0 Å². The van der Waals surface area contributed by atoms with E-state index in [0.29, 0.717) is 46.0 Å². The monoisotopic (exact) mass is 952 g/mol. The van der Waals surface area contributed by atoms with Crippen LogP contribution in [0.4, 0.5) is 0 Å². The van der Waals surface area contributed by atoms with Crippen LogP contribution in [0.5, 0.6) is 46.0 Å². The molecule has 13 rings (SSSR count). The third kappa shape index (κ3) is 7.49. The van der Waals surface area contributed by atoms with Crippen molar-refractivity contribution in [3.05, 3.63) is 235 Å². The van der Waals surface area contributed by atoms with Crippen molar-refractivity contribution in [3.8, 4) is 46.0 Å². The first-order chi connectivity index (χ1) is 35.5. The van der Waals surface area contributed by atoms with E-state index in [1.807, 2.05) is 0 Å². The number of hydrogen-bond donors (Lipinski definition) is 0. The lowest BCUT2D eigenvalue weighted by atomic mass is 9.74.